The molecule has 0 rings (SSSR count). The summed E-state index contributed by atoms with van der Waals surface area (Å²) in [6.07, 6.45) is -1.89. The predicted molar refractivity (Wildman–Crippen MR) is 79.1 cm³/mol. The van der Waals surface area contributed by atoms with Crippen molar-refractivity contribution in [3.05, 3.63) is 0 Å². The molecule has 0 saturated heterocycles. The van der Waals surface area contributed by atoms with Gasteiger partial charge in [0.15, 0.2) is 6.10 Å². The van der Waals surface area contributed by atoms with Gasteiger partial charge in [-0.1, -0.05) is 6.92 Å². The molecule has 0 aliphatic heterocycles. The third-order valence-corrected chi connectivity index (χ3v) is 3.97. The van der Waals surface area contributed by atoms with Gasteiger partial charge in [-0.3, -0.25) is 14.4 Å². The molecular weight excluding hydrogens is 298 g/mol. The number of Topliss-reactive ketones (excluding diaryl/α,β-unsaturated/α-hetero) is 1. The van der Waals surface area contributed by atoms with Crippen LogP contribution in [0.2, 0.25) is 0 Å². The van der Waals surface area contributed by atoms with Gasteiger partial charge in [0.25, 0.3) is 5.91 Å². The van der Waals surface area contributed by atoms with E-state index in [-0.39, 0.29) is 24.5 Å². The monoisotopic (exact) mass is 321 g/mol. The Hall–Kier alpha value is -1.12. The number of carboxylic acid groups (broad SMARTS) is 1. The molecule has 1 unspecified atom stereocenters. The van der Waals surface area contributed by atoms with Crippen LogP contribution in [0.5, 0.6) is 0 Å². The first-order valence-electron chi connectivity index (χ1n) is 6.71. The van der Waals surface area contributed by atoms with Gasteiger partial charge in [0.1, 0.15) is 5.78 Å². The van der Waals surface area contributed by atoms with E-state index in [2.05, 4.69) is 5.32 Å². The number of amides is 1. The van der Waals surface area contributed by atoms with E-state index >= 15 is 0 Å². The maximum Gasteiger partial charge on any atom is 0.307 e. The van der Waals surface area contributed by atoms with Crippen LogP contribution in [-0.4, -0.2) is 63.2 Å². The smallest absolute Gasteiger partial charge is 0.307 e. The second-order valence-corrected chi connectivity index (χ2v) is 5.90. The van der Waals surface area contributed by atoms with E-state index in [4.69, 9.17) is 10.2 Å². The maximum absolute atomic E-state index is 11.5. The molecule has 0 bridgehead atoms. The normalized spacial score (nSPS) is 15.0. The summed E-state index contributed by atoms with van der Waals surface area (Å²) in [6, 6.07) is 0. The number of ketones is 1. The Morgan fingerprint density at radius 1 is 1.19 bits per heavy atom. The summed E-state index contributed by atoms with van der Waals surface area (Å²) in [7, 11) is 0. The average Bonchev–Trinajstić information content (AvgIpc) is 2.41. The lowest BCUT2D eigenvalue weighted by Gasteiger charge is -2.13. The van der Waals surface area contributed by atoms with Crippen molar-refractivity contribution < 1.29 is 29.7 Å². The van der Waals surface area contributed by atoms with Crippen LogP contribution in [0, 0.1) is 5.92 Å². The van der Waals surface area contributed by atoms with Crippen LogP contribution in [0.25, 0.3) is 0 Å². The standard InChI is InChI=1S/C13H23NO6S/c1-8(13(19)20)6-21-7-10(16)4-3-5-14-12(18)11(17)9(2)15/h8-9,11,15,17H,3-7H2,1-2H3,(H,14,18)(H,19,20)/t8?,9-,11+/m1/s1. The lowest BCUT2D eigenvalue weighted by atomic mass is 10.2. The van der Waals surface area contributed by atoms with Gasteiger partial charge >= 0.3 is 5.97 Å². The number of rotatable bonds is 11. The second-order valence-electron chi connectivity index (χ2n) is 4.87. The van der Waals surface area contributed by atoms with Gasteiger partial charge in [-0.05, 0) is 13.3 Å². The fourth-order valence-corrected chi connectivity index (χ4v) is 2.30. The molecule has 8 heteroatoms. The van der Waals surface area contributed by atoms with Crippen LogP contribution < -0.4 is 5.32 Å². The number of hydrogen-bond acceptors (Lipinski definition) is 6. The number of nitrogens with one attached hydrogen (secondary N) is 1. The summed E-state index contributed by atoms with van der Waals surface area (Å²) < 4.78 is 0. The first kappa shape index (κ1) is 19.9. The molecule has 0 aliphatic carbocycles. The molecule has 122 valence electrons. The zero-order valence-corrected chi connectivity index (χ0v) is 13.1. The summed E-state index contributed by atoms with van der Waals surface area (Å²) in [5.41, 5.74) is 0. The third-order valence-electron chi connectivity index (χ3n) is 2.71. The summed E-state index contributed by atoms with van der Waals surface area (Å²) in [6.45, 7) is 3.14. The molecule has 7 nitrogen and oxygen atoms in total. The van der Waals surface area contributed by atoms with E-state index in [1.807, 2.05) is 0 Å². The first-order valence-corrected chi connectivity index (χ1v) is 7.87. The molecule has 0 heterocycles. The Kier molecular flexibility index (Phi) is 10.0. The molecule has 0 spiro atoms. The van der Waals surface area contributed by atoms with Gasteiger partial charge in [0.2, 0.25) is 0 Å². The number of hydrogen-bond donors (Lipinski definition) is 4. The molecule has 0 aromatic heterocycles. The molecule has 0 radical (unpaired) electrons. The second kappa shape index (κ2) is 10.6. The zero-order chi connectivity index (χ0) is 16.4. The van der Waals surface area contributed by atoms with Crippen LogP contribution in [0.15, 0.2) is 0 Å². The van der Waals surface area contributed by atoms with Crippen LogP contribution in [0.4, 0.5) is 0 Å². The Balaban J connectivity index is 3.67. The van der Waals surface area contributed by atoms with Gasteiger partial charge in [-0.15, -0.1) is 0 Å². The number of carbonyl (C=O) groups is 3. The van der Waals surface area contributed by atoms with E-state index < -0.39 is 30.0 Å². The Bertz CT molecular complexity index is 361. The third kappa shape index (κ3) is 9.43. The Morgan fingerprint density at radius 2 is 1.81 bits per heavy atom. The lowest BCUT2D eigenvalue weighted by molar-refractivity contribution is -0.140. The summed E-state index contributed by atoms with van der Waals surface area (Å²) in [4.78, 5) is 33.4. The highest BCUT2D eigenvalue weighted by molar-refractivity contribution is 7.99. The van der Waals surface area contributed by atoms with E-state index in [0.29, 0.717) is 12.2 Å². The SMILES string of the molecule is CC(CSCC(=O)CCCNC(=O)[C@@H](O)[C@@H](C)O)C(=O)O. The largest absolute Gasteiger partial charge is 0.481 e. The first-order chi connectivity index (χ1) is 9.75. The molecule has 1 amide bonds. The molecule has 0 aliphatic rings. The molecule has 0 saturated carbocycles. The zero-order valence-electron chi connectivity index (χ0n) is 12.2. The number of thioether (sulfide) groups is 1. The van der Waals surface area contributed by atoms with Crippen LogP contribution >= 0.6 is 11.8 Å². The number of carboxylic acids is 1. The minimum Gasteiger partial charge on any atom is -0.481 e. The van der Waals surface area contributed by atoms with E-state index in [1.165, 1.54) is 18.7 Å². The van der Waals surface area contributed by atoms with Gasteiger partial charge in [0.05, 0.1) is 17.8 Å². The van der Waals surface area contributed by atoms with Crippen LogP contribution in [-0.2, 0) is 14.4 Å². The quantitative estimate of drug-likeness (QED) is 0.383. The van der Waals surface area contributed by atoms with Crippen molar-refractivity contribution in [2.24, 2.45) is 5.92 Å². The highest BCUT2D eigenvalue weighted by Crippen LogP contribution is 2.09. The lowest BCUT2D eigenvalue weighted by Crippen LogP contribution is -2.41. The number of carbonyl (C=O) groups excluding carboxylic acids is 2. The van der Waals surface area contributed by atoms with Gasteiger partial charge < -0.3 is 20.6 Å². The molecule has 3 atom stereocenters. The van der Waals surface area contributed by atoms with E-state index in [0.717, 1.165) is 0 Å². The van der Waals surface area contributed by atoms with Crippen LogP contribution in [0.1, 0.15) is 26.7 Å². The number of aliphatic hydroxyl groups is 2. The van der Waals surface area contributed by atoms with Crippen LogP contribution in [0.3, 0.4) is 0 Å². The van der Waals surface area contributed by atoms with E-state index in [1.54, 1.807) is 6.92 Å². The molecular formula is C13H23NO6S. The topological polar surface area (TPSA) is 124 Å². The van der Waals surface area contributed by atoms with Crippen molar-refractivity contribution in [1.29, 1.82) is 0 Å². The van der Waals surface area contributed by atoms with Crippen molar-refractivity contribution in [2.45, 2.75) is 38.9 Å². The molecule has 4 N–H and O–H groups in total. The van der Waals surface area contributed by atoms with Crippen molar-refractivity contribution in [2.75, 3.05) is 18.1 Å². The minimum atomic E-state index is -1.46. The Morgan fingerprint density at radius 3 is 2.33 bits per heavy atom. The fraction of sp³-hybridized carbons (Fsp3) is 0.769. The Labute approximate surface area is 128 Å². The van der Waals surface area contributed by atoms with Crippen molar-refractivity contribution in [1.82, 2.24) is 5.32 Å². The van der Waals surface area contributed by atoms with Gasteiger partial charge in [-0.2, -0.15) is 11.8 Å². The van der Waals surface area contributed by atoms with Gasteiger partial charge in [-0.25, -0.2) is 0 Å². The highest BCUT2D eigenvalue weighted by Gasteiger charge is 2.19. The van der Waals surface area contributed by atoms with Crippen molar-refractivity contribution in [3.63, 3.8) is 0 Å². The fourth-order valence-electron chi connectivity index (χ4n) is 1.31. The summed E-state index contributed by atoms with van der Waals surface area (Å²) in [5.74, 6) is -1.40. The summed E-state index contributed by atoms with van der Waals surface area (Å²) in [5, 5.41) is 29.3. The summed E-state index contributed by atoms with van der Waals surface area (Å²) >= 11 is 1.28. The average molecular weight is 321 g/mol. The molecule has 0 aromatic rings. The maximum atomic E-state index is 11.5. The molecule has 0 aromatic carbocycles. The van der Waals surface area contributed by atoms with Crippen molar-refractivity contribution >= 4 is 29.4 Å². The number of aliphatic carboxylic acids is 1. The van der Waals surface area contributed by atoms with E-state index in [9.17, 15) is 19.5 Å². The van der Waals surface area contributed by atoms with Crippen molar-refractivity contribution in [3.8, 4) is 0 Å². The highest BCUT2D eigenvalue weighted by atomic mass is 32.2. The molecule has 21 heavy (non-hydrogen) atoms. The van der Waals surface area contributed by atoms with Gasteiger partial charge in [0, 0.05) is 18.7 Å². The molecule has 0 fully saturated rings. The predicted octanol–water partition coefficient (Wildman–Crippen LogP) is -0.352. The number of aliphatic hydroxyl groups excluding tert-OH is 2. The minimum absolute atomic E-state index is 0.0112.